The molecule has 0 saturated heterocycles. The van der Waals surface area contributed by atoms with Crippen LogP contribution in [0.1, 0.15) is 31.2 Å². The number of hydrogen-bond donors (Lipinski definition) is 2. The zero-order chi connectivity index (χ0) is 20.9. The first-order chi connectivity index (χ1) is 13.8. The second kappa shape index (κ2) is 8.97. The highest BCUT2D eigenvalue weighted by Crippen LogP contribution is 2.30. The molecular formula is C19H21F3N4O3. The van der Waals surface area contributed by atoms with Crippen molar-refractivity contribution >= 4 is 11.7 Å². The van der Waals surface area contributed by atoms with Gasteiger partial charge in [-0.15, -0.1) is 0 Å². The lowest BCUT2D eigenvalue weighted by atomic mass is 9.93. The van der Waals surface area contributed by atoms with E-state index in [9.17, 15) is 18.0 Å². The minimum atomic E-state index is -4.41. The molecule has 0 atom stereocenters. The lowest BCUT2D eigenvalue weighted by Crippen LogP contribution is -2.41. The maximum absolute atomic E-state index is 12.6. The Bertz CT molecular complexity index is 822. The SMILES string of the molecule is COc1nccnc1OC1CCC(NC(=O)Nc2ccc(C(F)(F)F)cc2)CC1. The average molecular weight is 410 g/mol. The van der Waals surface area contributed by atoms with Crippen molar-refractivity contribution < 1.29 is 27.4 Å². The summed E-state index contributed by atoms with van der Waals surface area (Å²) in [6.45, 7) is 0. The number of halogens is 3. The van der Waals surface area contributed by atoms with Crippen molar-refractivity contribution in [2.75, 3.05) is 12.4 Å². The second-order valence-electron chi connectivity index (χ2n) is 6.64. The van der Waals surface area contributed by atoms with Gasteiger partial charge in [-0.1, -0.05) is 0 Å². The van der Waals surface area contributed by atoms with Gasteiger partial charge in [0.1, 0.15) is 6.10 Å². The fraction of sp³-hybridized carbons (Fsp3) is 0.421. The van der Waals surface area contributed by atoms with E-state index in [1.54, 1.807) is 0 Å². The number of urea groups is 1. The number of anilines is 1. The van der Waals surface area contributed by atoms with E-state index in [1.807, 2.05) is 0 Å². The molecule has 156 valence electrons. The molecule has 7 nitrogen and oxygen atoms in total. The predicted octanol–water partition coefficient (Wildman–Crippen LogP) is 4.02. The molecule has 2 N–H and O–H groups in total. The standard InChI is InChI=1S/C19H21F3N4O3/c1-28-16-17(24-11-10-23-16)29-15-8-6-14(7-9-15)26-18(27)25-13-4-2-12(3-5-13)19(20,21)22/h2-5,10-11,14-15H,6-9H2,1H3,(H2,25,26,27). The molecule has 1 aliphatic carbocycles. The molecule has 2 amide bonds. The van der Waals surface area contributed by atoms with Crippen LogP contribution >= 0.6 is 0 Å². The first-order valence-corrected chi connectivity index (χ1v) is 9.11. The third-order valence-corrected chi connectivity index (χ3v) is 4.58. The van der Waals surface area contributed by atoms with Crippen molar-refractivity contribution in [1.82, 2.24) is 15.3 Å². The van der Waals surface area contributed by atoms with Crippen LogP contribution in [-0.4, -0.2) is 35.3 Å². The fourth-order valence-electron chi connectivity index (χ4n) is 3.11. The summed E-state index contributed by atoms with van der Waals surface area (Å²) in [7, 11) is 1.49. The van der Waals surface area contributed by atoms with Gasteiger partial charge in [0, 0.05) is 24.1 Å². The molecule has 0 radical (unpaired) electrons. The molecule has 0 bridgehead atoms. The van der Waals surface area contributed by atoms with Crippen LogP contribution < -0.4 is 20.1 Å². The van der Waals surface area contributed by atoms with Crippen LogP contribution in [-0.2, 0) is 6.18 Å². The minimum Gasteiger partial charge on any atom is -0.477 e. The topological polar surface area (TPSA) is 85.4 Å². The predicted molar refractivity (Wildman–Crippen MR) is 98.9 cm³/mol. The Morgan fingerprint density at radius 2 is 1.66 bits per heavy atom. The number of carbonyl (C=O) groups is 1. The van der Waals surface area contributed by atoms with Crippen LogP contribution in [0.5, 0.6) is 11.8 Å². The summed E-state index contributed by atoms with van der Waals surface area (Å²) in [4.78, 5) is 20.3. The van der Waals surface area contributed by atoms with Crippen molar-refractivity contribution in [3.63, 3.8) is 0 Å². The number of alkyl halides is 3. The number of rotatable bonds is 5. The highest BCUT2D eigenvalue weighted by molar-refractivity contribution is 5.89. The van der Waals surface area contributed by atoms with Gasteiger partial charge in [0.15, 0.2) is 0 Å². The van der Waals surface area contributed by atoms with E-state index < -0.39 is 17.8 Å². The van der Waals surface area contributed by atoms with Gasteiger partial charge in [-0.2, -0.15) is 13.2 Å². The van der Waals surface area contributed by atoms with Crippen molar-refractivity contribution in [1.29, 1.82) is 0 Å². The second-order valence-corrected chi connectivity index (χ2v) is 6.64. The van der Waals surface area contributed by atoms with Crippen LogP contribution in [0.25, 0.3) is 0 Å². The number of carbonyl (C=O) groups excluding carboxylic acids is 1. The van der Waals surface area contributed by atoms with E-state index in [0.717, 1.165) is 12.1 Å². The molecule has 1 aliphatic rings. The molecule has 0 aliphatic heterocycles. The van der Waals surface area contributed by atoms with Gasteiger partial charge in [-0.25, -0.2) is 14.8 Å². The molecule has 0 unspecified atom stereocenters. The monoisotopic (exact) mass is 410 g/mol. The Balaban J connectivity index is 1.45. The summed E-state index contributed by atoms with van der Waals surface area (Å²) < 4.78 is 48.7. The van der Waals surface area contributed by atoms with E-state index in [4.69, 9.17) is 9.47 Å². The number of aromatic nitrogens is 2. The Morgan fingerprint density at radius 1 is 1.03 bits per heavy atom. The van der Waals surface area contributed by atoms with E-state index >= 15 is 0 Å². The van der Waals surface area contributed by atoms with Gasteiger partial charge < -0.3 is 20.1 Å². The molecule has 0 spiro atoms. The van der Waals surface area contributed by atoms with Gasteiger partial charge in [0.2, 0.25) is 0 Å². The first kappa shape index (κ1) is 20.7. The van der Waals surface area contributed by atoms with Crippen LogP contribution in [0, 0.1) is 0 Å². The van der Waals surface area contributed by atoms with Crippen molar-refractivity contribution in [2.24, 2.45) is 0 Å². The van der Waals surface area contributed by atoms with Gasteiger partial charge in [-0.3, -0.25) is 0 Å². The van der Waals surface area contributed by atoms with Gasteiger partial charge in [0.25, 0.3) is 11.8 Å². The molecular weight excluding hydrogens is 389 g/mol. The first-order valence-electron chi connectivity index (χ1n) is 9.11. The number of methoxy groups -OCH3 is 1. The third-order valence-electron chi connectivity index (χ3n) is 4.58. The summed E-state index contributed by atoms with van der Waals surface area (Å²) in [5.41, 5.74) is -0.469. The minimum absolute atomic E-state index is 0.0481. The highest BCUT2D eigenvalue weighted by atomic mass is 19.4. The number of benzene rings is 1. The molecule has 29 heavy (non-hydrogen) atoms. The molecule has 1 heterocycles. The molecule has 1 fully saturated rings. The number of nitrogens with zero attached hydrogens (tertiary/aromatic N) is 2. The Kier molecular flexibility index (Phi) is 6.40. The summed E-state index contributed by atoms with van der Waals surface area (Å²) in [5.74, 6) is 0.662. The molecule has 10 heteroatoms. The molecule has 1 saturated carbocycles. The molecule has 1 aromatic heterocycles. The van der Waals surface area contributed by atoms with E-state index in [-0.39, 0.29) is 12.1 Å². The van der Waals surface area contributed by atoms with Gasteiger partial charge in [0.05, 0.1) is 12.7 Å². The number of hydrogen-bond acceptors (Lipinski definition) is 5. The lowest BCUT2D eigenvalue weighted by Gasteiger charge is -2.29. The third kappa shape index (κ3) is 5.72. The summed E-state index contributed by atoms with van der Waals surface area (Å²) >= 11 is 0. The van der Waals surface area contributed by atoms with Gasteiger partial charge in [-0.05, 0) is 49.9 Å². The smallest absolute Gasteiger partial charge is 0.416 e. The Hall–Kier alpha value is -3.04. The maximum Gasteiger partial charge on any atom is 0.416 e. The van der Waals surface area contributed by atoms with Crippen LogP contribution in [0.3, 0.4) is 0 Å². The summed E-state index contributed by atoms with van der Waals surface area (Å²) in [6.07, 6.45) is 1.41. The van der Waals surface area contributed by atoms with Crippen molar-refractivity contribution in [3.05, 3.63) is 42.2 Å². The van der Waals surface area contributed by atoms with Crippen LogP contribution in [0.2, 0.25) is 0 Å². The zero-order valence-corrected chi connectivity index (χ0v) is 15.7. The molecule has 1 aromatic carbocycles. The largest absolute Gasteiger partial charge is 0.477 e. The molecule has 3 rings (SSSR count). The number of amides is 2. The molecule has 2 aromatic rings. The van der Waals surface area contributed by atoms with E-state index in [2.05, 4.69) is 20.6 Å². The van der Waals surface area contributed by atoms with Crippen LogP contribution in [0.4, 0.5) is 23.7 Å². The van der Waals surface area contributed by atoms with E-state index in [1.165, 1.54) is 31.6 Å². The Labute approximate surface area is 165 Å². The quantitative estimate of drug-likeness (QED) is 0.778. The summed E-state index contributed by atoms with van der Waals surface area (Å²) in [6, 6.07) is 3.80. The number of nitrogens with one attached hydrogen (secondary N) is 2. The zero-order valence-electron chi connectivity index (χ0n) is 15.7. The normalized spacial score (nSPS) is 19.3. The lowest BCUT2D eigenvalue weighted by molar-refractivity contribution is -0.137. The van der Waals surface area contributed by atoms with E-state index in [0.29, 0.717) is 43.1 Å². The van der Waals surface area contributed by atoms with Gasteiger partial charge >= 0.3 is 12.2 Å². The summed E-state index contributed by atoms with van der Waals surface area (Å²) in [5, 5.41) is 5.39. The van der Waals surface area contributed by atoms with Crippen molar-refractivity contribution in [2.45, 2.75) is 44.0 Å². The number of ether oxygens (including phenoxy) is 2. The van der Waals surface area contributed by atoms with Crippen LogP contribution in [0.15, 0.2) is 36.7 Å². The maximum atomic E-state index is 12.6. The average Bonchev–Trinajstić information content (AvgIpc) is 2.69. The highest BCUT2D eigenvalue weighted by Gasteiger charge is 2.30. The fourth-order valence-corrected chi connectivity index (χ4v) is 3.11. The van der Waals surface area contributed by atoms with Crippen molar-refractivity contribution in [3.8, 4) is 11.8 Å². The Morgan fingerprint density at radius 3 is 2.24 bits per heavy atom.